The van der Waals surface area contributed by atoms with Crippen LogP contribution in [-0.2, 0) is 56.0 Å². The number of amides is 8. The number of aliphatic hydroxyl groups excluding tert-OH is 1. The summed E-state index contributed by atoms with van der Waals surface area (Å²) in [6.45, 7) is -0.515. The van der Waals surface area contributed by atoms with Crippen LogP contribution in [0.25, 0.3) is 0 Å². The van der Waals surface area contributed by atoms with Gasteiger partial charge in [0.2, 0.25) is 47.3 Å². The molecule has 8 amide bonds. The molecular weight excluding hydrogens is 1010 g/mol. The summed E-state index contributed by atoms with van der Waals surface area (Å²) in [6, 6.07) is 5.82. The van der Waals surface area contributed by atoms with Gasteiger partial charge in [-0.2, -0.15) is 0 Å². The van der Waals surface area contributed by atoms with Crippen molar-refractivity contribution in [1.29, 1.82) is 0 Å². The number of carboxylic acid groups (broad SMARTS) is 1. The summed E-state index contributed by atoms with van der Waals surface area (Å²) in [5.74, 6) is -6.53. The van der Waals surface area contributed by atoms with E-state index < -0.39 is 115 Å². The average Bonchev–Trinajstić information content (AvgIpc) is 4.25. The number of nitrogens with two attached hydrogens (primary N) is 5. The van der Waals surface area contributed by atoms with Crippen LogP contribution in [0.5, 0.6) is 5.75 Å². The first-order valence-corrected chi connectivity index (χ1v) is 26.1. The van der Waals surface area contributed by atoms with Crippen molar-refractivity contribution in [3.8, 4) is 5.75 Å². The third-order valence-corrected chi connectivity index (χ3v) is 13.7. The number of nitrogens with zero attached hydrogens (tertiary/aromatic N) is 5. The van der Waals surface area contributed by atoms with Gasteiger partial charge in [-0.05, 0) is 87.5 Å². The maximum atomic E-state index is 14.2. The van der Waals surface area contributed by atoms with Crippen molar-refractivity contribution in [2.24, 2.45) is 38.7 Å². The summed E-state index contributed by atoms with van der Waals surface area (Å²) in [4.78, 5) is 135. The van der Waals surface area contributed by atoms with Crippen LogP contribution in [0.2, 0.25) is 0 Å². The van der Waals surface area contributed by atoms with Gasteiger partial charge in [0, 0.05) is 45.6 Å². The summed E-state index contributed by atoms with van der Waals surface area (Å²) in [7, 11) is 1.47. The van der Waals surface area contributed by atoms with E-state index >= 15 is 0 Å². The highest BCUT2D eigenvalue weighted by molar-refractivity contribution is 5.98. The Bertz CT molecular complexity index is 2470. The number of likely N-dealkylation sites (tertiary alicyclic amines) is 3. The molecule has 0 aromatic heterocycles. The Balaban J connectivity index is 1.23. The number of methoxy groups -OCH3 is 1. The lowest BCUT2D eigenvalue weighted by Crippen LogP contribution is -2.60. The molecule has 0 saturated carbocycles. The zero-order chi connectivity index (χ0) is 56.9. The standard InChI is InChI=1S/C51H75N15O12/c1-78-32-19-17-31(18-20-32)27-35(60-41(68)28-59-44(71)38-14-7-24-65(38)48(75)40-16-9-25-66(40)46(73)33(52)12-5-21-57-50(53)54)42(69)63-37(29-67)47(74)64-23-8-15-39(64)45(72)62-36(26-30-10-3-2-4-11-30)43(70)61-34(49(76)77)13-6-22-58-51(55)56/h2-4,10-11,17-20,33-40,67H,5-9,12-16,21-29,52H2,1H3,(H,59,71)(H,60,68)(H,61,70)(H,62,72)(H,63,69)(H,76,77)(H4,53,54,57)(H4,55,56,58)/t33-,34-,35-,36-,37-,38-,39-,40-/m0/s1. The Kier molecular flexibility index (Phi) is 23.4. The van der Waals surface area contributed by atoms with Crippen LogP contribution in [0, 0.1) is 0 Å². The van der Waals surface area contributed by atoms with Crippen LogP contribution in [0.15, 0.2) is 64.6 Å². The first kappa shape index (κ1) is 60.8. The first-order valence-electron chi connectivity index (χ1n) is 26.1. The number of carbonyl (C=O) groups is 9. The van der Waals surface area contributed by atoms with Gasteiger partial charge in [0.1, 0.15) is 48.0 Å². The predicted octanol–water partition coefficient (Wildman–Crippen LogP) is -3.98. The van der Waals surface area contributed by atoms with E-state index in [9.17, 15) is 53.4 Å². The molecule has 0 aliphatic carbocycles. The van der Waals surface area contributed by atoms with Crippen molar-refractivity contribution in [1.82, 2.24) is 41.3 Å². The summed E-state index contributed by atoms with van der Waals surface area (Å²) in [5, 5.41) is 33.3. The topological polar surface area (TPSA) is 428 Å². The van der Waals surface area contributed by atoms with Crippen LogP contribution in [-0.4, -0.2) is 191 Å². The second-order valence-electron chi connectivity index (χ2n) is 19.4. The van der Waals surface area contributed by atoms with Crippen molar-refractivity contribution in [3.05, 3.63) is 65.7 Å². The maximum absolute atomic E-state index is 14.2. The number of ether oxygens (including phenoxy) is 1. The number of rotatable bonds is 28. The highest BCUT2D eigenvalue weighted by Gasteiger charge is 2.44. The molecule has 3 aliphatic rings. The van der Waals surface area contributed by atoms with Crippen LogP contribution >= 0.6 is 0 Å². The highest BCUT2D eigenvalue weighted by Crippen LogP contribution is 2.26. The molecule has 3 fully saturated rings. The molecule has 27 nitrogen and oxygen atoms in total. The molecular formula is C51H75N15O12. The first-order chi connectivity index (χ1) is 37.3. The number of carboxylic acids is 1. The van der Waals surface area contributed by atoms with Crippen molar-refractivity contribution in [2.45, 2.75) is 125 Å². The lowest BCUT2D eigenvalue weighted by molar-refractivity contribution is -0.147. The largest absolute Gasteiger partial charge is 0.497 e. The molecule has 2 aromatic rings. The number of nitrogens with one attached hydrogen (secondary N) is 5. The number of hydrogen-bond acceptors (Lipinski definition) is 14. The molecule has 3 saturated heterocycles. The highest BCUT2D eigenvalue weighted by atomic mass is 16.5. The SMILES string of the molecule is COc1ccc(C[C@H](NC(=O)CNC(=O)[C@@H]2CCCN2C(=O)[C@@H]2CCCN2C(=O)[C@@H](N)CCCN=C(N)N)C(=O)N[C@@H](CO)C(=O)N2CCC[C@H]2C(=O)N[C@@H](Cc2ccccc2)C(=O)N[C@@H](CCCN=C(N)N)C(=O)O)cc1. The number of benzene rings is 2. The Morgan fingerprint density at radius 3 is 1.71 bits per heavy atom. The zero-order valence-electron chi connectivity index (χ0n) is 43.8. The van der Waals surface area contributed by atoms with E-state index in [0.717, 1.165) is 0 Å². The lowest BCUT2D eigenvalue weighted by atomic mass is 10.0. The van der Waals surface area contributed by atoms with E-state index in [1.165, 1.54) is 21.8 Å². The summed E-state index contributed by atoms with van der Waals surface area (Å²) in [5.41, 5.74) is 28.9. The normalized spacial score (nSPS) is 18.8. The van der Waals surface area contributed by atoms with Crippen molar-refractivity contribution in [3.63, 3.8) is 0 Å². The number of guanidine groups is 2. The minimum Gasteiger partial charge on any atom is -0.497 e. The number of carbonyl (C=O) groups excluding carboxylic acids is 8. The Hall–Kier alpha value is -8.07. The molecule has 17 N–H and O–H groups in total. The van der Waals surface area contributed by atoms with Gasteiger partial charge in [-0.15, -0.1) is 0 Å². The molecule has 3 heterocycles. The maximum Gasteiger partial charge on any atom is 0.326 e. The quantitative estimate of drug-likeness (QED) is 0.0220. The third-order valence-electron chi connectivity index (χ3n) is 13.7. The smallest absolute Gasteiger partial charge is 0.326 e. The number of aliphatic carboxylic acids is 1. The van der Waals surface area contributed by atoms with Gasteiger partial charge < -0.3 is 84.9 Å². The van der Waals surface area contributed by atoms with Crippen molar-refractivity contribution in [2.75, 3.05) is 53.0 Å². The second kappa shape index (κ2) is 30.0. The fourth-order valence-electron chi connectivity index (χ4n) is 9.70. The molecule has 5 rings (SSSR count). The second-order valence-corrected chi connectivity index (χ2v) is 19.4. The zero-order valence-corrected chi connectivity index (χ0v) is 43.8. The predicted molar refractivity (Wildman–Crippen MR) is 284 cm³/mol. The van der Waals surface area contributed by atoms with Crippen LogP contribution in [0.4, 0.5) is 0 Å². The molecule has 0 bridgehead atoms. The molecule has 8 atom stereocenters. The fraction of sp³-hybridized carbons (Fsp3) is 0.549. The van der Waals surface area contributed by atoms with Crippen molar-refractivity contribution < 1.29 is 58.1 Å². The third kappa shape index (κ3) is 17.8. The van der Waals surface area contributed by atoms with Gasteiger partial charge in [0.05, 0.1) is 26.3 Å². The van der Waals surface area contributed by atoms with Gasteiger partial charge in [0.15, 0.2) is 11.9 Å². The van der Waals surface area contributed by atoms with Gasteiger partial charge in [-0.3, -0.25) is 48.3 Å². The van der Waals surface area contributed by atoms with Crippen LogP contribution in [0.3, 0.4) is 0 Å². The van der Waals surface area contributed by atoms with Crippen molar-refractivity contribution >= 4 is 65.1 Å². The summed E-state index contributed by atoms with van der Waals surface area (Å²) < 4.78 is 5.26. The Labute approximate surface area is 451 Å². The van der Waals surface area contributed by atoms with Crippen LogP contribution in [0.1, 0.15) is 75.3 Å². The van der Waals surface area contributed by atoms with E-state index in [4.69, 9.17) is 33.4 Å². The lowest BCUT2D eigenvalue weighted by Gasteiger charge is -2.32. The molecule has 27 heteroatoms. The van der Waals surface area contributed by atoms with Gasteiger partial charge in [-0.25, -0.2) is 4.79 Å². The van der Waals surface area contributed by atoms with E-state index in [0.29, 0.717) is 68.4 Å². The number of hydrogen-bond donors (Lipinski definition) is 12. The Morgan fingerprint density at radius 2 is 1.14 bits per heavy atom. The summed E-state index contributed by atoms with van der Waals surface area (Å²) in [6.07, 6.45) is 2.99. The fourth-order valence-corrected chi connectivity index (χ4v) is 9.70. The Morgan fingerprint density at radius 1 is 0.628 bits per heavy atom. The van der Waals surface area contributed by atoms with E-state index in [-0.39, 0.29) is 70.2 Å². The number of aliphatic imine (C=N–C) groups is 2. The van der Waals surface area contributed by atoms with Gasteiger partial charge >= 0.3 is 5.97 Å². The van der Waals surface area contributed by atoms with E-state index in [2.05, 4.69) is 36.6 Å². The van der Waals surface area contributed by atoms with E-state index in [1.54, 1.807) is 54.6 Å². The molecule has 426 valence electrons. The molecule has 3 aliphatic heterocycles. The molecule has 78 heavy (non-hydrogen) atoms. The average molecular weight is 1090 g/mol. The molecule has 0 radical (unpaired) electrons. The minimum absolute atomic E-state index is 0.0261. The van der Waals surface area contributed by atoms with Gasteiger partial charge in [-0.1, -0.05) is 42.5 Å². The number of aliphatic hydroxyl groups is 1. The molecule has 2 aromatic carbocycles. The minimum atomic E-state index is -1.61. The monoisotopic (exact) mass is 1090 g/mol. The summed E-state index contributed by atoms with van der Waals surface area (Å²) >= 11 is 0. The molecule has 0 unspecified atom stereocenters. The van der Waals surface area contributed by atoms with E-state index in [1.807, 2.05) is 0 Å². The molecule has 0 spiro atoms. The van der Waals surface area contributed by atoms with Gasteiger partial charge in [0.25, 0.3) is 0 Å². The van der Waals surface area contributed by atoms with Crippen LogP contribution < -0.4 is 60.0 Å².